The third kappa shape index (κ3) is 3.74. The standard InChI is InChI=1S/C14H19NO5S/c1-11-3-5-12(6-4-11)21(18,19)20-10-14(2)7-8-15(9-14)13(16)17/h3-6H,7-10H2,1-2H3,(H,16,17)/t14-/m1/s1. The highest BCUT2D eigenvalue weighted by Gasteiger charge is 2.37. The van der Waals surface area contributed by atoms with Gasteiger partial charge in [0.05, 0.1) is 11.5 Å². The second-order valence-corrected chi connectivity index (χ2v) is 7.41. The van der Waals surface area contributed by atoms with Gasteiger partial charge in [0.2, 0.25) is 0 Å². The van der Waals surface area contributed by atoms with Gasteiger partial charge in [0.25, 0.3) is 10.1 Å². The molecular formula is C14H19NO5S. The highest BCUT2D eigenvalue weighted by atomic mass is 32.2. The van der Waals surface area contributed by atoms with Crippen LogP contribution >= 0.6 is 0 Å². The van der Waals surface area contributed by atoms with Crippen molar-refractivity contribution in [2.24, 2.45) is 5.41 Å². The Labute approximate surface area is 124 Å². The number of hydrogen-bond donors (Lipinski definition) is 1. The summed E-state index contributed by atoms with van der Waals surface area (Å²) < 4.78 is 29.3. The van der Waals surface area contributed by atoms with E-state index in [-0.39, 0.29) is 18.0 Å². The van der Waals surface area contributed by atoms with Crippen molar-refractivity contribution in [3.63, 3.8) is 0 Å². The van der Waals surface area contributed by atoms with Crippen molar-refractivity contribution in [3.8, 4) is 0 Å². The summed E-state index contributed by atoms with van der Waals surface area (Å²) in [6, 6.07) is 6.43. The normalized spacial score (nSPS) is 22.5. The molecule has 1 aromatic carbocycles. The first-order chi connectivity index (χ1) is 9.72. The molecule has 1 aromatic rings. The lowest BCUT2D eigenvalue weighted by atomic mass is 9.91. The molecule has 2 rings (SSSR count). The molecule has 1 fully saturated rings. The highest BCUT2D eigenvalue weighted by Crippen LogP contribution is 2.31. The van der Waals surface area contributed by atoms with E-state index in [1.165, 1.54) is 17.0 Å². The van der Waals surface area contributed by atoms with Gasteiger partial charge in [0.1, 0.15) is 0 Å². The van der Waals surface area contributed by atoms with E-state index in [0.29, 0.717) is 13.0 Å². The number of hydrogen-bond acceptors (Lipinski definition) is 4. The van der Waals surface area contributed by atoms with Gasteiger partial charge in [-0.3, -0.25) is 4.18 Å². The van der Waals surface area contributed by atoms with Crippen LogP contribution in [0.3, 0.4) is 0 Å². The van der Waals surface area contributed by atoms with Crippen LogP contribution in [-0.4, -0.2) is 44.2 Å². The zero-order valence-corrected chi connectivity index (χ0v) is 12.9. The van der Waals surface area contributed by atoms with E-state index in [4.69, 9.17) is 9.29 Å². The number of benzene rings is 1. The molecule has 7 heteroatoms. The van der Waals surface area contributed by atoms with E-state index < -0.39 is 21.6 Å². The first kappa shape index (κ1) is 15.8. The molecule has 116 valence electrons. The van der Waals surface area contributed by atoms with Crippen molar-refractivity contribution in [1.29, 1.82) is 0 Å². The lowest BCUT2D eigenvalue weighted by molar-refractivity contribution is 0.138. The van der Waals surface area contributed by atoms with Crippen LogP contribution in [0.1, 0.15) is 18.9 Å². The minimum absolute atomic E-state index is 0.0208. The fourth-order valence-electron chi connectivity index (χ4n) is 2.30. The first-order valence-corrected chi connectivity index (χ1v) is 8.07. The zero-order chi connectivity index (χ0) is 15.7. The van der Waals surface area contributed by atoms with Crippen LogP contribution in [0.5, 0.6) is 0 Å². The number of likely N-dealkylation sites (tertiary alicyclic amines) is 1. The molecular weight excluding hydrogens is 294 g/mol. The van der Waals surface area contributed by atoms with Crippen molar-refractivity contribution in [2.45, 2.75) is 25.2 Å². The number of nitrogens with zero attached hydrogens (tertiary/aromatic N) is 1. The molecule has 1 aliphatic heterocycles. The molecule has 1 aliphatic rings. The van der Waals surface area contributed by atoms with Crippen molar-refractivity contribution in [1.82, 2.24) is 4.90 Å². The van der Waals surface area contributed by atoms with Gasteiger partial charge in [-0.15, -0.1) is 0 Å². The molecule has 6 nitrogen and oxygen atoms in total. The van der Waals surface area contributed by atoms with E-state index in [1.807, 2.05) is 13.8 Å². The molecule has 1 heterocycles. The number of aryl methyl sites for hydroxylation is 1. The zero-order valence-electron chi connectivity index (χ0n) is 12.1. The lowest BCUT2D eigenvalue weighted by Crippen LogP contribution is -2.32. The van der Waals surface area contributed by atoms with Crippen LogP contribution in [0.2, 0.25) is 0 Å². The molecule has 0 saturated carbocycles. The summed E-state index contributed by atoms with van der Waals surface area (Å²) in [4.78, 5) is 12.3. The summed E-state index contributed by atoms with van der Waals surface area (Å²) in [7, 11) is -3.81. The number of carboxylic acid groups (broad SMARTS) is 1. The Balaban J connectivity index is 2.02. The first-order valence-electron chi connectivity index (χ1n) is 6.66. The summed E-state index contributed by atoms with van der Waals surface area (Å²) in [5, 5.41) is 8.94. The maximum Gasteiger partial charge on any atom is 0.407 e. The predicted molar refractivity (Wildman–Crippen MR) is 76.6 cm³/mol. The van der Waals surface area contributed by atoms with E-state index in [2.05, 4.69) is 0 Å². The van der Waals surface area contributed by atoms with Crippen LogP contribution in [0, 0.1) is 12.3 Å². The van der Waals surface area contributed by atoms with Gasteiger partial charge in [-0.25, -0.2) is 4.79 Å². The van der Waals surface area contributed by atoms with Gasteiger partial charge in [-0.2, -0.15) is 8.42 Å². The van der Waals surface area contributed by atoms with Crippen LogP contribution in [0.25, 0.3) is 0 Å². The average molecular weight is 313 g/mol. The van der Waals surface area contributed by atoms with Crippen molar-refractivity contribution >= 4 is 16.2 Å². The summed E-state index contributed by atoms with van der Waals surface area (Å²) >= 11 is 0. The smallest absolute Gasteiger partial charge is 0.407 e. The molecule has 1 N–H and O–H groups in total. The van der Waals surface area contributed by atoms with Gasteiger partial charge in [0, 0.05) is 18.5 Å². The molecule has 0 radical (unpaired) electrons. The number of carbonyl (C=O) groups is 1. The SMILES string of the molecule is Cc1ccc(S(=O)(=O)OC[C@]2(C)CCN(C(=O)O)C2)cc1. The number of amides is 1. The quantitative estimate of drug-likeness (QED) is 0.860. The summed E-state index contributed by atoms with van der Waals surface area (Å²) in [6.07, 6.45) is -0.400. The third-order valence-corrected chi connectivity index (χ3v) is 4.98. The van der Waals surface area contributed by atoms with E-state index in [1.54, 1.807) is 12.1 Å². The van der Waals surface area contributed by atoms with Gasteiger partial charge in [0.15, 0.2) is 0 Å². The summed E-state index contributed by atoms with van der Waals surface area (Å²) in [5.74, 6) is 0. The van der Waals surface area contributed by atoms with Gasteiger partial charge < -0.3 is 10.0 Å². The highest BCUT2D eigenvalue weighted by molar-refractivity contribution is 7.86. The molecule has 1 saturated heterocycles. The molecule has 0 unspecified atom stereocenters. The van der Waals surface area contributed by atoms with Gasteiger partial charge in [-0.1, -0.05) is 24.6 Å². The molecule has 21 heavy (non-hydrogen) atoms. The summed E-state index contributed by atoms with van der Waals surface area (Å²) in [6.45, 7) is 4.37. The Hall–Kier alpha value is -1.60. The maximum atomic E-state index is 12.1. The van der Waals surface area contributed by atoms with Crippen LogP contribution in [-0.2, 0) is 14.3 Å². The second-order valence-electron chi connectivity index (χ2n) is 5.79. The fourth-order valence-corrected chi connectivity index (χ4v) is 3.34. The van der Waals surface area contributed by atoms with Gasteiger partial charge >= 0.3 is 6.09 Å². The van der Waals surface area contributed by atoms with Crippen molar-refractivity contribution < 1.29 is 22.5 Å². The molecule has 0 aliphatic carbocycles. The Morgan fingerprint density at radius 3 is 2.52 bits per heavy atom. The second kappa shape index (κ2) is 5.65. The van der Waals surface area contributed by atoms with Crippen LogP contribution in [0.15, 0.2) is 29.2 Å². The maximum absolute atomic E-state index is 12.1. The Morgan fingerprint density at radius 1 is 1.38 bits per heavy atom. The molecule has 0 aromatic heterocycles. The predicted octanol–water partition coefficient (Wildman–Crippen LogP) is 2.09. The third-order valence-electron chi connectivity index (χ3n) is 3.70. The van der Waals surface area contributed by atoms with E-state index in [0.717, 1.165) is 5.56 Å². The minimum atomic E-state index is -3.81. The topological polar surface area (TPSA) is 83.9 Å². The minimum Gasteiger partial charge on any atom is -0.465 e. The fraction of sp³-hybridized carbons (Fsp3) is 0.500. The lowest BCUT2D eigenvalue weighted by Gasteiger charge is -2.23. The van der Waals surface area contributed by atoms with Crippen molar-refractivity contribution in [2.75, 3.05) is 19.7 Å². The Bertz CT molecular complexity index is 625. The van der Waals surface area contributed by atoms with E-state index in [9.17, 15) is 13.2 Å². The van der Waals surface area contributed by atoms with Crippen LogP contribution < -0.4 is 0 Å². The molecule has 0 spiro atoms. The largest absolute Gasteiger partial charge is 0.465 e. The molecule has 1 amide bonds. The number of rotatable bonds is 4. The Kier molecular flexibility index (Phi) is 4.25. The summed E-state index contributed by atoms with van der Waals surface area (Å²) in [5.41, 5.74) is 0.490. The monoisotopic (exact) mass is 313 g/mol. The van der Waals surface area contributed by atoms with Crippen molar-refractivity contribution in [3.05, 3.63) is 29.8 Å². The van der Waals surface area contributed by atoms with Crippen LogP contribution in [0.4, 0.5) is 4.79 Å². The molecule has 1 atom stereocenters. The van der Waals surface area contributed by atoms with Gasteiger partial charge in [-0.05, 0) is 25.5 Å². The average Bonchev–Trinajstić information content (AvgIpc) is 2.81. The van der Waals surface area contributed by atoms with E-state index >= 15 is 0 Å². The molecule has 0 bridgehead atoms. The Morgan fingerprint density at radius 2 is 2.00 bits per heavy atom.